The van der Waals surface area contributed by atoms with Gasteiger partial charge in [-0.3, -0.25) is 4.79 Å². The minimum atomic E-state index is -0.239. The molecule has 1 amide bonds. The highest BCUT2D eigenvalue weighted by atomic mass is 16.5. The van der Waals surface area contributed by atoms with Crippen molar-refractivity contribution in [3.05, 3.63) is 54.3 Å². The first-order valence-corrected chi connectivity index (χ1v) is 6.62. The molecule has 1 heterocycles. The maximum absolute atomic E-state index is 11.7. The molecule has 0 bridgehead atoms. The summed E-state index contributed by atoms with van der Waals surface area (Å²) in [7, 11) is 3.22. The van der Waals surface area contributed by atoms with Crippen LogP contribution in [0.5, 0.6) is 5.75 Å². The van der Waals surface area contributed by atoms with Gasteiger partial charge in [-0.2, -0.15) is 0 Å². The predicted molar refractivity (Wildman–Crippen MR) is 81.6 cm³/mol. The third-order valence-corrected chi connectivity index (χ3v) is 3.39. The Morgan fingerprint density at radius 3 is 2.62 bits per heavy atom. The van der Waals surface area contributed by atoms with Crippen molar-refractivity contribution in [2.45, 2.75) is 0 Å². The van der Waals surface area contributed by atoms with E-state index in [4.69, 9.17) is 9.15 Å². The Bertz CT molecular complexity index is 805. The Labute approximate surface area is 122 Å². The van der Waals surface area contributed by atoms with Crippen molar-refractivity contribution in [3.8, 4) is 16.9 Å². The fourth-order valence-electron chi connectivity index (χ4n) is 2.38. The lowest BCUT2D eigenvalue weighted by atomic mass is 10.0. The SMILES string of the molecule is CNC(=O)c1cc2cccc(-c3ccccc3OC)c2o1. The molecule has 4 nitrogen and oxygen atoms in total. The molecular formula is C17H15NO3. The van der Waals surface area contributed by atoms with Crippen molar-refractivity contribution in [3.63, 3.8) is 0 Å². The zero-order valence-corrected chi connectivity index (χ0v) is 11.8. The van der Waals surface area contributed by atoms with E-state index in [0.717, 1.165) is 22.3 Å². The van der Waals surface area contributed by atoms with Crippen LogP contribution in [0, 0.1) is 0 Å². The molecule has 106 valence electrons. The number of carbonyl (C=O) groups excluding carboxylic acids is 1. The van der Waals surface area contributed by atoms with E-state index in [2.05, 4.69) is 5.32 Å². The Balaban J connectivity index is 2.23. The summed E-state index contributed by atoms with van der Waals surface area (Å²) in [5.41, 5.74) is 2.52. The van der Waals surface area contributed by atoms with E-state index in [1.54, 1.807) is 20.2 Å². The van der Waals surface area contributed by atoms with Crippen molar-refractivity contribution >= 4 is 16.9 Å². The monoisotopic (exact) mass is 281 g/mol. The smallest absolute Gasteiger partial charge is 0.286 e. The van der Waals surface area contributed by atoms with Gasteiger partial charge in [0.25, 0.3) is 5.91 Å². The number of furan rings is 1. The van der Waals surface area contributed by atoms with E-state index in [1.165, 1.54) is 0 Å². The minimum Gasteiger partial charge on any atom is -0.496 e. The number of benzene rings is 2. The Morgan fingerprint density at radius 1 is 1.10 bits per heavy atom. The van der Waals surface area contributed by atoms with Crippen LogP contribution in [0.3, 0.4) is 0 Å². The van der Waals surface area contributed by atoms with Crippen LogP contribution in [0.4, 0.5) is 0 Å². The molecule has 0 saturated heterocycles. The molecule has 21 heavy (non-hydrogen) atoms. The summed E-state index contributed by atoms with van der Waals surface area (Å²) >= 11 is 0. The van der Waals surface area contributed by atoms with Crippen LogP contribution in [0.2, 0.25) is 0 Å². The van der Waals surface area contributed by atoms with E-state index < -0.39 is 0 Å². The van der Waals surface area contributed by atoms with Crippen molar-refractivity contribution in [2.75, 3.05) is 14.2 Å². The topological polar surface area (TPSA) is 51.5 Å². The fraction of sp³-hybridized carbons (Fsp3) is 0.118. The van der Waals surface area contributed by atoms with Crippen LogP contribution in [0.15, 0.2) is 52.9 Å². The molecule has 0 radical (unpaired) electrons. The van der Waals surface area contributed by atoms with Crippen LogP contribution in [-0.2, 0) is 0 Å². The van der Waals surface area contributed by atoms with E-state index in [0.29, 0.717) is 11.3 Å². The highest BCUT2D eigenvalue weighted by Crippen LogP contribution is 2.36. The van der Waals surface area contributed by atoms with Gasteiger partial charge in [-0.15, -0.1) is 0 Å². The summed E-state index contributed by atoms with van der Waals surface area (Å²) < 4.78 is 11.1. The van der Waals surface area contributed by atoms with Crippen molar-refractivity contribution in [2.24, 2.45) is 0 Å². The number of carbonyl (C=O) groups is 1. The number of methoxy groups -OCH3 is 1. The summed E-state index contributed by atoms with van der Waals surface area (Å²) in [6.07, 6.45) is 0. The zero-order valence-electron chi connectivity index (χ0n) is 11.8. The van der Waals surface area contributed by atoms with Crippen molar-refractivity contribution in [1.82, 2.24) is 5.32 Å². The molecule has 1 N–H and O–H groups in total. The summed E-state index contributed by atoms with van der Waals surface area (Å²) in [5.74, 6) is 0.829. The molecule has 0 fully saturated rings. The van der Waals surface area contributed by atoms with E-state index in [1.807, 2.05) is 42.5 Å². The molecule has 0 spiro atoms. The van der Waals surface area contributed by atoms with Crippen LogP contribution < -0.4 is 10.1 Å². The highest BCUT2D eigenvalue weighted by molar-refractivity contribution is 6.00. The molecule has 3 aromatic rings. The average Bonchev–Trinajstić information content (AvgIpc) is 2.98. The normalized spacial score (nSPS) is 10.6. The molecular weight excluding hydrogens is 266 g/mol. The number of fused-ring (bicyclic) bond motifs is 1. The summed E-state index contributed by atoms with van der Waals surface area (Å²) in [4.78, 5) is 11.7. The number of amides is 1. The van der Waals surface area contributed by atoms with Crippen molar-refractivity contribution < 1.29 is 13.9 Å². The van der Waals surface area contributed by atoms with Gasteiger partial charge in [-0.05, 0) is 12.1 Å². The molecule has 0 aliphatic rings. The van der Waals surface area contributed by atoms with Gasteiger partial charge < -0.3 is 14.5 Å². The molecule has 1 aromatic heterocycles. The molecule has 0 atom stereocenters. The van der Waals surface area contributed by atoms with E-state index in [9.17, 15) is 4.79 Å². The molecule has 0 aliphatic carbocycles. The molecule has 0 saturated carbocycles. The quantitative estimate of drug-likeness (QED) is 0.799. The lowest BCUT2D eigenvalue weighted by Gasteiger charge is -2.08. The Kier molecular flexibility index (Phi) is 3.36. The predicted octanol–water partition coefficient (Wildman–Crippen LogP) is 3.47. The van der Waals surface area contributed by atoms with E-state index >= 15 is 0 Å². The average molecular weight is 281 g/mol. The first-order valence-electron chi connectivity index (χ1n) is 6.62. The van der Waals surface area contributed by atoms with Gasteiger partial charge in [0.2, 0.25) is 0 Å². The highest BCUT2D eigenvalue weighted by Gasteiger charge is 2.15. The lowest BCUT2D eigenvalue weighted by Crippen LogP contribution is -2.16. The number of nitrogens with one attached hydrogen (secondary N) is 1. The van der Waals surface area contributed by atoms with Crippen LogP contribution in [0.1, 0.15) is 10.6 Å². The van der Waals surface area contributed by atoms with Crippen LogP contribution >= 0.6 is 0 Å². The lowest BCUT2D eigenvalue weighted by molar-refractivity contribution is 0.0938. The number of ether oxygens (including phenoxy) is 1. The largest absolute Gasteiger partial charge is 0.496 e. The van der Waals surface area contributed by atoms with Gasteiger partial charge >= 0.3 is 0 Å². The first kappa shape index (κ1) is 13.2. The molecule has 2 aromatic carbocycles. The third kappa shape index (κ3) is 2.25. The first-order chi connectivity index (χ1) is 10.2. The number of hydrogen-bond donors (Lipinski definition) is 1. The molecule has 0 unspecified atom stereocenters. The second-order valence-corrected chi connectivity index (χ2v) is 4.61. The van der Waals surface area contributed by atoms with Gasteiger partial charge in [0, 0.05) is 23.6 Å². The standard InChI is InChI=1S/C17H15NO3/c1-18-17(19)15-10-11-6-5-8-13(16(11)21-15)12-7-3-4-9-14(12)20-2/h3-10H,1-2H3,(H,18,19). The van der Waals surface area contributed by atoms with Gasteiger partial charge in [-0.1, -0.05) is 36.4 Å². The summed E-state index contributed by atoms with van der Waals surface area (Å²) in [6, 6.07) is 15.3. The van der Waals surface area contributed by atoms with Gasteiger partial charge in [0.15, 0.2) is 5.76 Å². The summed E-state index contributed by atoms with van der Waals surface area (Å²) in [6.45, 7) is 0. The van der Waals surface area contributed by atoms with Crippen LogP contribution in [0.25, 0.3) is 22.1 Å². The third-order valence-electron chi connectivity index (χ3n) is 3.39. The van der Waals surface area contributed by atoms with Gasteiger partial charge in [0.05, 0.1) is 7.11 Å². The van der Waals surface area contributed by atoms with Crippen LogP contribution in [-0.4, -0.2) is 20.1 Å². The van der Waals surface area contributed by atoms with E-state index in [-0.39, 0.29) is 5.91 Å². The number of rotatable bonds is 3. The van der Waals surface area contributed by atoms with Gasteiger partial charge in [-0.25, -0.2) is 0 Å². The second kappa shape index (κ2) is 5.32. The zero-order chi connectivity index (χ0) is 14.8. The maximum atomic E-state index is 11.7. The number of para-hydroxylation sites is 2. The van der Waals surface area contributed by atoms with Gasteiger partial charge in [0.1, 0.15) is 11.3 Å². The number of hydrogen-bond acceptors (Lipinski definition) is 3. The Morgan fingerprint density at radius 2 is 1.86 bits per heavy atom. The maximum Gasteiger partial charge on any atom is 0.286 e. The molecule has 0 aliphatic heterocycles. The summed E-state index contributed by atoms with van der Waals surface area (Å²) in [5, 5.41) is 3.45. The second-order valence-electron chi connectivity index (χ2n) is 4.61. The molecule has 4 heteroatoms. The fourth-order valence-corrected chi connectivity index (χ4v) is 2.38. The van der Waals surface area contributed by atoms with Crippen molar-refractivity contribution in [1.29, 1.82) is 0 Å². The Hall–Kier alpha value is -2.75. The molecule has 3 rings (SSSR count). The minimum absolute atomic E-state index is 0.239.